The average Bonchev–Trinajstić information content (AvgIpc) is 3.39. The molecule has 2 heterocycles. The van der Waals surface area contributed by atoms with Gasteiger partial charge in [-0.2, -0.15) is 13.2 Å². The summed E-state index contributed by atoms with van der Waals surface area (Å²) in [5, 5.41) is 12.6. The molecule has 0 fully saturated rings. The lowest BCUT2D eigenvalue weighted by molar-refractivity contribution is -0.139. The maximum atomic E-state index is 14.5. The lowest BCUT2D eigenvalue weighted by Gasteiger charge is -2.21. The number of benzene rings is 2. The minimum Gasteiger partial charge on any atom is -0.480 e. The number of nitrogens with zero attached hydrogens (tertiary/aromatic N) is 2. The Hall–Kier alpha value is -3.89. The van der Waals surface area contributed by atoms with Crippen LogP contribution in [0.25, 0.3) is 22.0 Å². The number of hydrogen-bond acceptors (Lipinski definition) is 4. The zero-order chi connectivity index (χ0) is 29.6. The molecule has 1 aliphatic rings. The van der Waals surface area contributed by atoms with Crippen LogP contribution in [-0.2, 0) is 37.3 Å². The fraction of sp³-hybridized carbons (Fsp3) is 0.241. The van der Waals surface area contributed by atoms with Gasteiger partial charge >= 0.3 is 12.1 Å². The number of halogens is 5. The fourth-order valence-electron chi connectivity index (χ4n) is 5.46. The van der Waals surface area contributed by atoms with Gasteiger partial charge in [-0.05, 0) is 54.2 Å². The first-order valence-electron chi connectivity index (χ1n) is 12.6. The lowest BCUT2D eigenvalue weighted by Crippen LogP contribution is -2.42. The summed E-state index contributed by atoms with van der Waals surface area (Å²) in [6.07, 6.45) is -2.52. The van der Waals surface area contributed by atoms with Crippen LogP contribution in [0.5, 0.6) is 0 Å². The van der Waals surface area contributed by atoms with Crippen LogP contribution in [0.3, 0.4) is 0 Å². The summed E-state index contributed by atoms with van der Waals surface area (Å²) in [6.45, 7) is 0. The minimum absolute atomic E-state index is 0.0343. The van der Waals surface area contributed by atoms with Gasteiger partial charge in [0, 0.05) is 30.7 Å². The molecule has 1 atom stereocenters. The zero-order valence-corrected chi connectivity index (χ0v) is 23.0. The van der Waals surface area contributed by atoms with Crippen LogP contribution in [-0.4, -0.2) is 32.6 Å². The molecular weight excluding hydrogens is 582 g/mol. The van der Waals surface area contributed by atoms with Gasteiger partial charge < -0.3 is 15.0 Å². The summed E-state index contributed by atoms with van der Waals surface area (Å²) >= 11 is 12.2. The largest absolute Gasteiger partial charge is 0.480 e. The third-order valence-corrected chi connectivity index (χ3v) is 7.92. The molecule has 0 aliphatic heterocycles. The standard InChI is InChI=1S/C29H22Cl2F3N3O4/c1-37-21-9-2-5-17(21)24(29(32,33)34)22(27(37)39)15-11-10-14(25-16(15)6-4-12-35-25)13-20(28(40)41)36-26(38)23-18(30)7-3-8-19(23)31/h3-4,6-8,10-12,20H,2,5,9,13H2,1H3,(H,36,38)(H,40,41)/t20-/m0/s1. The molecule has 0 spiro atoms. The Morgan fingerprint density at radius 3 is 2.46 bits per heavy atom. The van der Waals surface area contributed by atoms with E-state index >= 15 is 0 Å². The number of fused-ring (bicyclic) bond motifs is 2. The van der Waals surface area contributed by atoms with Crippen molar-refractivity contribution in [2.24, 2.45) is 7.05 Å². The molecular formula is C29H22Cl2F3N3O4. The van der Waals surface area contributed by atoms with E-state index in [2.05, 4.69) is 10.3 Å². The summed E-state index contributed by atoms with van der Waals surface area (Å²) in [5.74, 6) is -2.17. The van der Waals surface area contributed by atoms with Gasteiger partial charge in [0.15, 0.2) is 0 Å². The number of hydrogen-bond donors (Lipinski definition) is 2. The van der Waals surface area contributed by atoms with E-state index in [0.29, 0.717) is 24.1 Å². The Balaban J connectivity index is 1.62. The molecule has 12 heteroatoms. The highest BCUT2D eigenvalue weighted by atomic mass is 35.5. The second-order valence-corrected chi connectivity index (χ2v) is 10.5. The Morgan fingerprint density at radius 2 is 1.80 bits per heavy atom. The molecule has 5 rings (SSSR count). The number of carbonyl (C=O) groups is 2. The van der Waals surface area contributed by atoms with Crippen molar-refractivity contribution in [1.29, 1.82) is 0 Å². The summed E-state index contributed by atoms with van der Waals surface area (Å²) in [7, 11) is 1.47. The van der Waals surface area contributed by atoms with Gasteiger partial charge in [-0.1, -0.05) is 47.5 Å². The van der Waals surface area contributed by atoms with Crippen molar-refractivity contribution < 1.29 is 27.9 Å². The van der Waals surface area contributed by atoms with E-state index < -0.39 is 40.8 Å². The van der Waals surface area contributed by atoms with Crippen molar-refractivity contribution in [2.75, 3.05) is 0 Å². The predicted molar refractivity (Wildman–Crippen MR) is 149 cm³/mol. The summed E-state index contributed by atoms with van der Waals surface area (Å²) in [5.41, 5.74) is -1.20. The summed E-state index contributed by atoms with van der Waals surface area (Å²) in [4.78, 5) is 42.7. The third-order valence-electron chi connectivity index (χ3n) is 7.29. The molecule has 0 saturated carbocycles. The average molecular weight is 604 g/mol. The van der Waals surface area contributed by atoms with Crippen LogP contribution in [0.2, 0.25) is 10.0 Å². The van der Waals surface area contributed by atoms with Gasteiger partial charge in [0.2, 0.25) is 0 Å². The molecule has 1 aliphatic carbocycles. The Labute approximate surface area is 241 Å². The fourth-order valence-corrected chi connectivity index (χ4v) is 6.03. The van der Waals surface area contributed by atoms with E-state index in [-0.39, 0.29) is 50.5 Å². The monoisotopic (exact) mass is 603 g/mol. The molecule has 1 amide bonds. The molecule has 0 saturated heterocycles. The lowest BCUT2D eigenvalue weighted by atomic mass is 9.90. The first-order valence-corrected chi connectivity index (χ1v) is 13.3. The molecule has 2 aromatic heterocycles. The van der Waals surface area contributed by atoms with Crippen molar-refractivity contribution in [3.63, 3.8) is 0 Å². The second-order valence-electron chi connectivity index (χ2n) is 9.73. The number of carboxylic acids is 1. The zero-order valence-electron chi connectivity index (χ0n) is 21.5. The van der Waals surface area contributed by atoms with Crippen LogP contribution in [0.15, 0.2) is 53.5 Å². The Morgan fingerprint density at radius 1 is 1.10 bits per heavy atom. The minimum atomic E-state index is -4.77. The van der Waals surface area contributed by atoms with Crippen molar-refractivity contribution in [3.8, 4) is 11.1 Å². The van der Waals surface area contributed by atoms with Gasteiger partial charge in [0.1, 0.15) is 6.04 Å². The molecule has 41 heavy (non-hydrogen) atoms. The van der Waals surface area contributed by atoms with E-state index in [1.807, 2.05) is 0 Å². The molecule has 0 bridgehead atoms. The maximum Gasteiger partial charge on any atom is 0.417 e. The van der Waals surface area contributed by atoms with Gasteiger partial charge in [0.05, 0.1) is 32.3 Å². The van der Waals surface area contributed by atoms with Gasteiger partial charge in [0.25, 0.3) is 11.5 Å². The quantitative estimate of drug-likeness (QED) is 0.288. The molecule has 212 valence electrons. The van der Waals surface area contributed by atoms with Crippen LogP contribution in [0.4, 0.5) is 13.2 Å². The predicted octanol–water partition coefficient (Wildman–Crippen LogP) is 5.84. The summed E-state index contributed by atoms with van der Waals surface area (Å²) in [6, 6.07) is 8.82. The van der Waals surface area contributed by atoms with E-state index in [1.54, 1.807) is 0 Å². The normalized spacial score (nSPS) is 13.7. The Bertz CT molecular complexity index is 1770. The number of aliphatic carboxylic acids is 1. The van der Waals surface area contributed by atoms with Crippen molar-refractivity contribution in [1.82, 2.24) is 14.9 Å². The van der Waals surface area contributed by atoms with E-state index in [4.69, 9.17) is 23.2 Å². The number of carboxylic acid groups (broad SMARTS) is 1. The highest BCUT2D eigenvalue weighted by Crippen LogP contribution is 2.43. The van der Waals surface area contributed by atoms with Crippen molar-refractivity contribution in [2.45, 2.75) is 37.9 Å². The SMILES string of the molecule is Cn1c2c(c(C(F)(F)F)c(-c3ccc(C[C@H](NC(=O)c4c(Cl)cccc4Cl)C(=O)O)c4ncccc34)c1=O)CCC2. The number of nitrogens with one attached hydrogen (secondary N) is 1. The molecule has 2 aromatic carbocycles. The number of amides is 1. The smallest absolute Gasteiger partial charge is 0.417 e. The molecule has 7 nitrogen and oxygen atoms in total. The third kappa shape index (κ3) is 5.17. The van der Waals surface area contributed by atoms with E-state index in [1.165, 1.54) is 60.3 Å². The van der Waals surface area contributed by atoms with Crippen LogP contribution in [0, 0.1) is 0 Å². The maximum absolute atomic E-state index is 14.5. The van der Waals surface area contributed by atoms with Gasteiger partial charge in [-0.15, -0.1) is 0 Å². The number of alkyl halides is 3. The van der Waals surface area contributed by atoms with Crippen molar-refractivity contribution in [3.05, 3.63) is 97.0 Å². The highest BCUT2D eigenvalue weighted by Gasteiger charge is 2.41. The molecule has 4 aromatic rings. The summed E-state index contributed by atoms with van der Waals surface area (Å²) < 4.78 is 44.7. The van der Waals surface area contributed by atoms with Crippen molar-refractivity contribution >= 4 is 46.0 Å². The topological polar surface area (TPSA) is 101 Å². The second kappa shape index (κ2) is 10.8. The van der Waals surface area contributed by atoms with Crippen LogP contribution >= 0.6 is 23.2 Å². The molecule has 0 unspecified atom stereocenters. The first kappa shape index (κ1) is 28.6. The number of carbonyl (C=O) groups excluding carboxylic acids is 1. The van der Waals surface area contributed by atoms with Gasteiger partial charge in [-0.3, -0.25) is 14.6 Å². The number of pyridine rings is 2. The first-order chi connectivity index (χ1) is 19.4. The van der Waals surface area contributed by atoms with Gasteiger partial charge in [-0.25, -0.2) is 4.79 Å². The van der Waals surface area contributed by atoms with E-state index in [9.17, 15) is 32.7 Å². The number of aromatic nitrogens is 2. The van der Waals surface area contributed by atoms with Crippen LogP contribution in [0.1, 0.15) is 39.2 Å². The highest BCUT2D eigenvalue weighted by molar-refractivity contribution is 6.39. The van der Waals surface area contributed by atoms with E-state index in [0.717, 1.165) is 0 Å². The molecule has 2 N–H and O–H groups in total. The number of rotatable bonds is 6. The van der Waals surface area contributed by atoms with Crippen LogP contribution < -0.4 is 10.9 Å². The molecule has 0 radical (unpaired) electrons. The Kier molecular flexibility index (Phi) is 7.56.